The summed E-state index contributed by atoms with van der Waals surface area (Å²) in [6.07, 6.45) is 2.28. The van der Waals surface area contributed by atoms with Crippen LogP contribution in [0.5, 0.6) is 0 Å². The van der Waals surface area contributed by atoms with Gasteiger partial charge in [-0.05, 0) is 12.8 Å². The fourth-order valence-corrected chi connectivity index (χ4v) is 5.18. The first kappa shape index (κ1) is 22.6. The van der Waals surface area contributed by atoms with E-state index >= 15 is 8.78 Å². The van der Waals surface area contributed by atoms with Crippen LogP contribution in [0.2, 0.25) is 0 Å². The van der Waals surface area contributed by atoms with Gasteiger partial charge in [-0.2, -0.15) is 0 Å². The molecule has 0 spiro atoms. The zero-order valence-corrected chi connectivity index (χ0v) is 18.3. The van der Waals surface area contributed by atoms with Crippen molar-refractivity contribution in [2.24, 2.45) is 0 Å². The number of hydrogen-bond donors (Lipinski definition) is 0. The van der Waals surface area contributed by atoms with E-state index < -0.39 is 56.8 Å². The fourth-order valence-electron chi connectivity index (χ4n) is 3.23. The van der Waals surface area contributed by atoms with Crippen LogP contribution in [0, 0.1) is 34.9 Å². The molecular weight excluding hydrogens is 474 g/mol. The van der Waals surface area contributed by atoms with Crippen LogP contribution in [0.1, 0.15) is 36.7 Å². The van der Waals surface area contributed by atoms with E-state index in [2.05, 4.69) is 20.4 Å². The number of fused-ring (bicyclic) bond motifs is 1. The Hall–Kier alpha value is -2.60. The highest BCUT2D eigenvalue weighted by Gasteiger charge is 2.33. The van der Waals surface area contributed by atoms with Gasteiger partial charge >= 0.3 is 0 Å². The molecule has 0 aliphatic heterocycles. The molecule has 4 nitrogen and oxygen atoms in total. The summed E-state index contributed by atoms with van der Waals surface area (Å²) in [4.78, 5) is 0. The molecule has 0 atom stereocenters. The molecule has 2 aromatic heterocycles. The molecule has 2 aromatic carbocycles. The maximum absolute atomic E-state index is 15.4. The van der Waals surface area contributed by atoms with Crippen molar-refractivity contribution in [1.29, 1.82) is 0 Å². The minimum absolute atomic E-state index is 0.337. The van der Waals surface area contributed by atoms with Gasteiger partial charge in [-0.1, -0.05) is 36.5 Å². The predicted octanol–water partition coefficient (Wildman–Crippen LogP) is 6.62. The lowest BCUT2D eigenvalue weighted by molar-refractivity contribution is 0.482. The molecule has 0 amide bonds. The van der Waals surface area contributed by atoms with Gasteiger partial charge in [0.05, 0.1) is 21.9 Å². The summed E-state index contributed by atoms with van der Waals surface area (Å²) in [6, 6.07) is 0. The Labute approximate surface area is 186 Å². The Morgan fingerprint density at radius 2 is 0.906 bits per heavy atom. The van der Waals surface area contributed by atoms with Gasteiger partial charge in [0.2, 0.25) is 0 Å². The van der Waals surface area contributed by atoms with Crippen molar-refractivity contribution >= 4 is 33.4 Å². The molecule has 0 saturated heterocycles. The summed E-state index contributed by atoms with van der Waals surface area (Å²) in [7, 11) is 0. The fraction of sp³-hybridized carbons (Fsp3) is 0.300. The van der Waals surface area contributed by atoms with Gasteiger partial charge in [0.1, 0.15) is 21.6 Å². The van der Waals surface area contributed by atoms with Gasteiger partial charge in [-0.25, -0.2) is 26.3 Å². The molecule has 4 aromatic rings. The van der Waals surface area contributed by atoms with Crippen molar-refractivity contribution in [3.05, 3.63) is 44.9 Å². The average Bonchev–Trinajstić information content (AvgIpc) is 3.40. The summed E-state index contributed by atoms with van der Waals surface area (Å²) in [5, 5.41) is 12.4. The molecular formula is C20H14F6N4S2. The van der Waals surface area contributed by atoms with Gasteiger partial charge in [-0.3, -0.25) is 0 Å². The largest absolute Gasteiger partial charge is 0.205 e. The van der Waals surface area contributed by atoms with Crippen molar-refractivity contribution in [2.45, 2.75) is 39.5 Å². The highest BCUT2D eigenvalue weighted by molar-refractivity contribution is 7.15. The lowest BCUT2D eigenvalue weighted by Crippen LogP contribution is -2.05. The van der Waals surface area contributed by atoms with E-state index in [1.165, 1.54) is 0 Å². The average molecular weight is 488 g/mol. The first-order chi connectivity index (χ1) is 15.3. The molecule has 4 rings (SSSR count). The van der Waals surface area contributed by atoms with E-state index in [4.69, 9.17) is 0 Å². The second-order valence-electron chi connectivity index (χ2n) is 6.89. The summed E-state index contributed by atoms with van der Waals surface area (Å²) < 4.78 is 89.7. The van der Waals surface area contributed by atoms with Crippen LogP contribution in [0.15, 0.2) is 0 Å². The summed E-state index contributed by atoms with van der Waals surface area (Å²) in [5.74, 6) is -10.7. The summed E-state index contributed by atoms with van der Waals surface area (Å²) in [6.45, 7) is 3.71. The zero-order valence-electron chi connectivity index (χ0n) is 16.7. The van der Waals surface area contributed by atoms with Crippen LogP contribution < -0.4 is 0 Å². The van der Waals surface area contributed by atoms with Crippen molar-refractivity contribution in [3.8, 4) is 21.1 Å². The van der Waals surface area contributed by atoms with Crippen molar-refractivity contribution in [2.75, 3.05) is 0 Å². The Morgan fingerprint density at radius 3 is 1.28 bits per heavy atom. The number of aromatic nitrogens is 4. The minimum atomic E-state index is -1.92. The Bertz CT molecular complexity index is 1240. The third kappa shape index (κ3) is 3.54. The molecule has 0 N–H and O–H groups in total. The lowest BCUT2D eigenvalue weighted by atomic mass is 10.00. The third-order valence-corrected chi connectivity index (χ3v) is 6.68. The number of rotatable bonds is 6. The topological polar surface area (TPSA) is 51.6 Å². The molecule has 0 saturated carbocycles. The highest BCUT2D eigenvalue weighted by Crippen LogP contribution is 2.42. The first-order valence-electron chi connectivity index (χ1n) is 9.62. The van der Waals surface area contributed by atoms with E-state index in [9.17, 15) is 17.6 Å². The van der Waals surface area contributed by atoms with Gasteiger partial charge in [0.25, 0.3) is 0 Å². The van der Waals surface area contributed by atoms with E-state index in [0.717, 1.165) is 22.7 Å². The SMILES string of the molecule is CCCc1nnc(-c2c(F)c(F)c3c(F)c(F)c(-c4nnc(CCC)s4)c(F)c3c2F)s1. The normalized spacial score (nSPS) is 11.6. The molecule has 32 heavy (non-hydrogen) atoms. The monoisotopic (exact) mass is 488 g/mol. The molecule has 2 heterocycles. The van der Waals surface area contributed by atoms with Gasteiger partial charge in [-0.15, -0.1) is 20.4 Å². The summed E-state index contributed by atoms with van der Waals surface area (Å²) >= 11 is 1.60. The third-order valence-electron chi connectivity index (χ3n) is 4.68. The Morgan fingerprint density at radius 1 is 0.531 bits per heavy atom. The van der Waals surface area contributed by atoms with Crippen LogP contribution in [0.4, 0.5) is 26.3 Å². The number of nitrogens with zero attached hydrogens (tertiary/aromatic N) is 4. The van der Waals surface area contributed by atoms with Crippen molar-refractivity contribution < 1.29 is 26.3 Å². The molecule has 0 bridgehead atoms. The van der Waals surface area contributed by atoms with Crippen LogP contribution in [-0.4, -0.2) is 20.4 Å². The molecule has 0 radical (unpaired) electrons. The van der Waals surface area contributed by atoms with Crippen LogP contribution in [0.3, 0.4) is 0 Å². The van der Waals surface area contributed by atoms with Gasteiger partial charge in [0, 0.05) is 12.8 Å². The van der Waals surface area contributed by atoms with Gasteiger partial charge < -0.3 is 0 Å². The van der Waals surface area contributed by atoms with Crippen molar-refractivity contribution in [3.63, 3.8) is 0 Å². The summed E-state index contributed by atoms with van der Waals surface area (Å²) in [5.41, 5.74) is -1.98. The molecule has 0 fully saturated rings. The Balaban J connectivity index is 2.03. The van der Waals surface area contributed by atoms with Gasteiger partial charge in [0.15, 0.2) is 33.3 Å². The molecule has 0 unspecified atom stereocenters. The van der Waals surface area contributed by atoms with E-state index in [1.807, 2.05) is 13.8 Å². The quantitative estimate of drug-likeness (QED) is 0.226. The Kier molecular flexibility index (Phi) is 6.17. The van der Waals surface area contributed by atoms with E-state index in [-0.39, 0.29) is 10.0 Å². The number of halogens is 6. The minimum Gasteiger partial charge on any atom is -0.205 e. The number of aryl methyl sites for hydroxylation is 2. The molecule has 12 heteroatoms. The van der Waals surface area contributed by atoms with Crippen LogP contribution >= 0.6 is 22.7 Å². The number of benzene rings is 2. The lowest BCUT2D eigenvalue weighted by Gasteiger charge is -2.12. The van der Waals surface area contributed by atoms with Crippen LogP contribution in [0.25, 0.3) is 31.9 Å². The maximum atomic E-state index is 15.4. The zero-order chi connectivity index (χ0) is 23.2. The number of hydrogen-bond acceptors (Lipinski definition) is 6. The maximum Gasteiger partial charge on any atom is 0.172 e. The second kappa shape index (κ2) is 8.74. The smallest absolute Gasteiger partial charge is 0.172 e. The molecule has 0 aliphatic rings. The molecule has 168 valence electrons. The van der Waals surface area contributed by atoms with E-state index in [0.29, 0.717) is 35.7 Å². The standard InChI is InChI=1S/C20H14F6N4S2/c1-3-5-7-27-29-19(31-7)11-13(21)9-10(15(23)17(11)25)16(24)18(26)12(14(9)22)20-30-28-8(32-20)6-4-2/h3-6H2,1-2H3. The van der Waals surface area contributed by atoms with Crippen molar-refractivity contribution in [1.82, 2.24) is 20.4 Å². The van der Waals surface area contributed by atoms with E-state index in [1.54, 1.807) is 0 Å². The molecule has 0 aliphatic carbocycles. The van der Waals surface area contributed by atoms with Crippen LogP contribution in [-0.2, 0) is 12.8 Å². The second-order valence-corrected chi connectivity index (χ2v) is 9.01. The predicted molar refractivity (Wildman–Crippen MR) is 109 cm³/mol. The first-order valence-corrected chi connectivity index (χ1v) is 11.2. The highest BCUT2D eigenvalue weighted by atomic mass is 32.1.